The van der Waals surface area contributed by atoms with E-state index in [0.717, 1.165) is 12.8 Å². The smallest absolute Gasteiger partial charge is 0.0695 e. The van der Waals surface area contributed by atoms with Crippen molar-refractivity contribution in [3.05, 3.63) is 35.9 Å². The molecule has 0 radical (unpaired) electrons. The Kier molecular flexibility index (Phi) is 28.7. The summed E-state index contributed by atoms with van der Waals surface area (Å²) in [7, 11) is 0. The van der Waals surface area contributed by atoms with E-state index < -0.39 is 0 Å². The van der Waals surface area contributed by atoms with Crippen LogP contribution in [0.4, 0.5) is 0 Å². The van der Waals surface area contributed by atoms with E-state index in [-0.39, 0.29) is 4.87 Å². The van der Waals surface area contributed by atoms with E-state index in [1.54, 1.807) is 0 Å². The molecule has 1 aromatic carbocycles. The number of benzene rings is 1. The third kappa shape index (κ3) is 23.9. The van der Waals surface area contributed by atoms with Crippen LogP contribution < -0.4 is 0 Å². The van der Waals surface area contributed by atoms with Crippen LogP contribution in [-0.4, -0.2) is 0 Å². The fourth-order valence-corrected chi connectivity index (χ4v) is 7.10. The van der Waals surface area contributed by atoms with Crippen molar-refractivity contribution in [2.75, 3.05) is 0 Å². The monoisotopic (exact) mass is 603 g/mol. The quantitative estimate of drug-likeness (QED) is 0.0554. The Morgan fingerprint density at radius 3 is 0.857 bits per heavy atom. The maximum Gasteiger partial charge on any atom is 0.0695 e. The van der Waals surface area contributed by atoms with Gasteiger partial charge in [-0.2, -0.15) is 0 Å². The van der Waals surface area contributed by atoms with Gasteiger partial charge < -0.3 is 0 Å². The second-order valence-electron chi connectivity index (χ2n) is 13.7. The number of halogens is 1. The molecule has 0 aliphatic rings. The van der Waals surface area contributed by atoms with E-state index in [0.29, 0.717) is 0 Å². The zero-order valence-corrected chi connectivity index (χ0v) is 29.6. The Balaban J connectivity index is 2.05. The van der Waals surface area contributed by atoms with Gasteiger partial charge in [0, 0.05) is 0 Å². The topological polar surface area (TPSA) is 0 Å². The molecule has 0 fully saturated rings. The molecule has 0 saturated carbocycles. The first-order valence-corrected chi connectivity index (χ1v) is 19.8. The van der Waals surface area contributed by atoms with Crippen LogP contribution in [0.5, 0.6) is 0 Å². The lowest BCUT2D eigenvalue weighted by atomic mass is 9.87. The fraction of sp³-hybridized carbons (Fsp3) is 0.854. The van der Waals surface area contributed by atoms with Gasteiger partial charge in [-0.25, -0.2) is 0 Å². The Morgan fingerprint density at radius 2 is 0.595 bits per heavy atom. The second-order valence-corrected chi connectivity index (χ2v) is 14.5. The fourth-order valence-electron chi connectivity index (χ4n) is 6.70. The molecule has 0 atom stereocenters. The molecule has 0 amide bonds. The van der Waals surface area contributed by atoms with E-state index in [1.165, 1.54) is 198 Å². The first-order valence-electron chi connectivity index (χ1n) is 19.5. The number of alkyl halides is 1. The molecule has 1 aromatic rings. The molecule has 1 heteroatoms. The van der Waals surface area contributed by atoms with E-state index in [2.05, 4.69) is 44.2 Å². The number of hydrogen-bond acceptors (Lipinski definition) is 0. The molecule has 42 heavy (non-hydrogen) atoms. The first kappa shape index (κ1) is 39.5. The molecule has 0 N–H and O–H groups in total. The highest BCUT2D eigenvalue weighted by molar-refractivity contribution is 6.24. The molecule has 0 spiro atoms. The van der Waals surface area contributed by atoms with Crippen molar-refractivity contribution < 1.29 is 0 Å². The van der Waals surface area contributed by atoms with Gasteiger partial charge in [0.15, 0.2) is 0 Å². The maximum absolute atomic E-state index is 7.38. The van der Waals surface area contributed by atoms with Gasteiger partial charge in [0.05, 0.1) is 4.87 Å². The average Bonchev–Trinajstić information content (AvgIpc) is 3.01. The minimum Gasteiger partial charge on any atom is -0.114 e. The van der Waals surface area contributed by atoms with Gasteiger partial charge in [-0.3, -0.25) is 0 Å². The third-order valence-electron chi connectivity index (χ3n) is 9.64. The molecule has 0 unspecified atom stereocenters. The molecule has 1 rings (SSSR count). The van der Waals surface area contributed by atoms with Crippen molar-refractivity contribution in [2.24, 2.45) is 0 Å². The molecule has 0 nitrogen and oxygen atoms in total. The predicted octanol–water partition coefficient (Wildman–Crippen LogP) is 15.6. The molecule has 0 bridgehead atoms. The zero-order chi connectivity index (χ0) is 30.2. The summed E-state index contributed by atoms with van der Waals surface area (Å²) in [4.78, 5) is -0.158. The van der Waals surface area contributed by atoms with Crippen LogP contribution in [0.2, 0.25) is 0 Å². The summed E-state index contributed by atoms with van der Waals surface area (Å²) in [6.07, 6.45) is 44.8. The summed E-state index contributed by atoms with van der Waals surface area (Å²) < 4.78 is 0. The zero-order valence-electron chi connectivity index (χ0n) is 28.9. The Bertz CT molecular complexity index is 604. The summed E-state index contributed by atoms with van der Waals surface area (Å²) in [5, 5.41) is 0. The normalized spacial score (nSPS) is 11.9. The SMILES string of the molecule is CCCCCCCCCCCCCCCCCC(Cl)(CCCCCCCCCCCCCCCCC)c1ccccc1. The van der Waals surface area contributed by atoms with Gasteiger partial charge in [0.1, 0.15) is 0 Å². The highest BCUT2D eigenvalue weighted by Gasteiger charge is 2.28. The molecular formula is C41H75Cl. The summed E-state index contributed by atoms with van der Waals surface area (Å²) in [6.45, 7) is 4.61. The van der Waals surface area contributed by atoms with Crippen LogP contribution in [0.15, 0.2) is 30.3 Å². The van der Waals surface area contributed by atoms with Crippen molar-refractivity contribution in [3.63, 3.8) is 0 Å². The Morgan fingerprint density at radius 1 is 0.357 bits per heavy atom. The minimum atomic E-state index is -0.158. The number of rotatable bonds is 33. The van der Waals surface area contributed by atoms with Gasteiger partial charge in [-0.1, -0.05) is 237 Å². The van der Waals surface area contributed by atoms with E-state index in [4.69, 9.17) is 11.6 Å². The van der Waals surface area contributed by atoms with Crippen molar-refractivity contribution >= 4 is 11.6 Å². The lowest BCUT2D eigenvalue weighted by molar-refractivity contribution is 0.442. The molecule has 0 aromatic heterocycles. The van der Waals surface area contributed by atoms with Crippen LogP contribution in [-0.2, 0) is 4.87 Å². The molecule has 0 aliphatic heterocycles. The van der Waals surface area contributed by atoms with E-state index >= 15 is 0 Å². The number of hydrogen-bond donors (Lipinski definition) is 0. The van der Waals surface area contributed by atoms with Crippen LogP contribution in [0, 0.1) is 0 Å². The van der Waals surface area contributed by atoms with E-state index in [9.17, 15) is 0 Å². The molecule has 0 aliphatic carbocycles. The third-order valence-corrected chi connectivity index (χ3v) is 10.2. The minimum absolute atomic E-state index is 0.158. The number of unbranched alkanes of at least 4 members (excludes halogenated alkanes) is 28. The van der Waals surface area contributed by atoms with Gasteiger partial charge >= 0.3 is 0 Å². The molecular weight excluding hydrogens is 528 g/mol. The first-order chi connectivity index (χ1) is 20.7. The highest BCUT2D eigenvalue weighted by Crippen LogP contribution is 2.40. The van der Waals surface area contributed by atoms with Gasteiger partial charge in [0.25, 0.3) is 0 Å². The van der Waals surface area contributed by atoms with Crippen molar-refractivity contribution in [1.82, 2.24) is 0 Å². The van der Waals surface area contributed by atoms with Crippen LogP contribution in [0.3, 0.4) is 0 Å². The lowest BCUT2D eigenvalue weighted by Gasteiger charge is -2.28. The highest BCUT2D eigenvalue weighted by atomic mass is 35.5. The van der Waals surface area contributed by atoms with Crippen LogP contribution >= 0.6 is 11.6 Å². The molecule has 246 valence electrons. The van der Waals surface area contributed by atoms with Crippen molar-refractivity contribution in [3.8, 4) is 0 Å². The molecule has 0 heterocycles. The standard InChI is InChI=1S/C41H75Cl/c1-3-5-7-9-11-13-15-17-19-21-23-25-27-29-34-38-41(42,40-36-32-31-33-37-40)39-35-30-28-26-24-22-20-18-16-14-12-10-8-6-4-2/h31-33,36-37H,3-30,34-35,38-39H2,1-2H3. The van der Waals surface area contributed by atoms with Crippen LogP contribution in [0.25, 0.3) is 0 Å². The van der Waals surface area contributed by atoms with Gasteiger partial charge in [-0.15, -0.1) is 11.6 Å². The van der Waals surface area contributed by atoms with Gasteiger partial charge in [0.2, 0.25) is 0 Å². The predicted molar refractivity (Wildman–Crippen MR) is 193 cm³/mol. The Hall–Kier alpha value is -0.490. The summed E-state index contributed by atoms with van der Waals surface area (Å²) in [5.74, 6) is 0. The van der Waals surface area contributed by atoms with Gasteiger partial charge in [-0.05, 0) is 18.4 Å². The maximum atomic E-state index is 7.38. The molecule has 0 saturated heterocycles. The van der Waals surface area contributed by atoms with Crippen molar-refractivity contribution in [1.29, 1.82) is 0 Å². The summed E-state index contributed by atoms with van der Waals surface area (Å²) >= 11 is 7.38. The Labute approximate surface area is 271 Å². The average molecular weight is 604 g/mol. The van der Waals surface area contributed by atoms with E-state index in [1.807, 2.05) is 0 Å². The lowest BCUT2D eigenvalue weighted by Crippen LogP contribution is -2.19. The largest absolute Gasteiger partial charge is 0.114 e. The second kappa shape index (κ2) is 30.5. The van der Waals surface area contributed by atoms with Crippen LogP contribution in [0.1, 0.15) is 225 Å². The summed E-state index contributed by atoms with van der Waals surface area (Å²) in [5.41, 5.74) is 1.35. The summed E-state index contributed by atoms with van der Waals surface area (Å²) in [6, 6.07) is 11.0. The van der Waals surface area contributed by atoms with Crippen molar-refractivity contribution in [2.45, 2.75) is 224 Å².